The number of pyridine rings is 1. The molecular formula is C20H17N5O3. The zero-order chi connectivity index (χ0) is 19.3. The van der Waals surface area contributed by atoms with E-state index in [2.05, 4.69) is 15.1 Å². The first kappa shape index (κ1) is 16.5. The predicted molar refractivity (Wildman–Crippen MR) is 101 cm³/mol. The number of nitrogens with zero attached hydrogens (tertiary/aromatic N) is 5. The number of hydrogen-bond donors (Lipinski definition) is 0. The summed E-state index contributed by atoms with van der Waals surface area (Å²) in [6.07, 6.45) is 2.26. The van der Waals surface area contributed by atoms with E-state index in [9.17, 15) is 0 Å². The van der Waals surface area contributed by atoms with Gasteiger partial charge in [-0.1, -0.05) is 6.07 Å². The average molecular weight is 375 g/mol. The minimum atomic E-state index is 0.434. The molecule has 8 heteroatoms. The van der Waals surface area contributed by atoms with Crippen molar-refractivity contribution in [3.8, 4) is 34.6 Å². The van der Waals surface area contributed by atoms with Crippen LogP contribution in [0.1, 0.15) is 17.1 Å². The molecule has 28 heavy (non-hydrogen) atoms. The van der Waals surface area contributed by atoms with Crippen molar-refractivity contribution in [3.05, 3.63) is 53.6 Å². The second-order valence-corrected chi connectivity index (χ2v) is 6.42. The van der Waals surface area contributed by atoms with Crippen molar-refractivity contribution in [2.45, 2.75) is 13.3 Å². The second-order valence-electron chi connectivity index (χ2n) is 6.42. The Labute approximate surface area is 160 Å². The third kappa shape index (κ3) is 2.45. The number of ether oxygens (including phenoxy) is 3. The van der Waals surface area contributed by atoms with Gasteiger partial charge in [0.15, 0.2) is 17.0 Å². The quantitative estimate of drug-likeness (QED) is 0.479. The Morgan fingerprint density at radius 1 is 1.11 bits per heavy atom. The van der Waals surface area contributed by atoms with E-state index >= 15 is 0 Å². The number of rotatable bonds is 3. The van der Waals surface area contributed by atoms with Gasteiger partial charge in [0.1, 0.15) is 17.3 Å². The summed E-state index contributed by atoms with van der Waals surface area (Å²) in [5.74, 6) is 3.54. The molecule has 0 radical (unpaired) electrons. The minimum Gasteiger partial charge on any atom is -0.493 e. The third-order valence-electron chi connectivity index (χ3n) is 4.69. The van der Waals surface area contributed by atoms with Gasteiger partial charge < -0.3 is 14.2 Å². The van der Waals surface area contributed by atoms with Crippen LogP contribution in [0.3, 0.4) is 0 Å². The van der Waals surface area contributed by atoms with Crippen molar-refractivity contribution in [1.82, 2.24) is 24.6 Å². The summed E-state index contributed by atoms with van der Waals surface area (Å²) in [7, 11) is 3.23. The highest BCUT2D eigenvalue weighted by Gasteiger charge is 2.25. The summed E-state index contributed by atoms with van der Waals surface area (Å²) < 4.78 is 18.9. The van der Waals surface area contributed by atoms with Crippen LogP contribution in [-0.2, 0) is 6.42 Å². The fourth-order valence-corrected chi connectivity index (χ4v) is 3.48. The lowest BCUT2D eigenvalue weighted by Crippen LogP contribution is -2.06. The van der Waals surface area contributed by atoms with Crippen molar-refractivity contribution >= 4 is 5.52 Å². The molecule has 140 valence electrons. The number of fused-ring (bicyclic) bond motifs is 2. The van der Waals surface area contributed by atoms with Gasteiger partial charge in [-0.2, -0.15) is 4.98 Å². The maximum Gasteiger partial charge on any atom is 0.249 e. The lowest BCUT2D eigenvalue weighted by molar-refractivity contribution is 0.348. The van der Waals surface area contributed by atoms with Crippen molar-refractivity contribution in [2.24, 2.45) is 0 Å². The summed E-state index contributed by atoms with van der Waals surface area (Å²) >= 11 is 0. The summed E-state index contributed by atoms with van der Waals surface area (Å²) in [6, 6.07) is 9.32. The largest absolute Gasteiger partial charge is 0.493 e. The number of hydrogen-bond acceptors (Lipinski definition) is 7. The van der Waals surface area contributed by atoms with Crippen molar-refractivity contribution < 1.29 is 14.2 Å². The molecule has 4 heterocycles. The number of methoxy groups -OCH3 is 2. The summed E-state index contributed by atoms with van der Waals surface area (Å²) in [5.41, 5.74) is 3.15. The molecule has 0 saturated heterocycles. The third-order valence-corrected chi connectivity index (χ3v) is 4.69. The molecule has 0 spiro atoms. The summed E-state index contributed by atoms with van der Waals surface area (Å²) in [5, 5.41) is 4.64. The van der Waals surface area contributed by atoms with E-state index in [0.717, 1.165) is 22.6 Å². The average Bonchev–Trinajstić information content (AvgIpc) is 3.03. The monoisotopic (exact) mass is 375 g/mol. The molecule has 1 aromatic carbocycles. The van der Waals surface area contributed by atoms with Crippen LogP contribution in [0.25, 0.3) is 17.0 Å². The summed E-state index contributed by atoms with van der Waals surface area (Å²) in [4.78, 5) is 13.7. The van der Waals surface area contributed by atoms with Crippen molar-refractivity contribution in [1.29, 1.82) is 0 Å². The molecule has 2 bridgehead atoms. The normalized spacial score (nSPS) is 12.2. The maximum atomic E-state index is 6.16. The predicted octanol–water partition coefficient (Wildman–Crippen LogP) is 3.21. The minimum absolute atomic E-state index is 0.434. The number of benzene rings is 1. The van der Waals surface area contributed by atoms with E-state index in [1.807, 2.05) is 31.2 Å². The van der Waals surface area contributed by atoms with Gasteiger partial charge in [0.2, 0.25) is 11.7 Å². The van der Waals surface area contributed by atoms with Gasteiger partial charge in [-0.3, -0.25) is 4.98 Å². The topological polar surface area (TPSA) is 83.7 Å². The van der Waals surface area contributed by atoms with E-state index in [-0.39, 0.29) is 0 Å². The lowest BCUT2D eigenvalue weighted by Gasteiger charge is -2.18. The van der Waals surface area contributed by atoms with E-state index < -0.39 is 0 Å². The fourth-order valence-electron chi connectivity index (χ4n) is 3.48. The Hall–Kier alpha value is -3.68. The van der Waals surface area contributed by atoms with Crippen LogP contribution >= 0.6 is 0 Å². The maximum absolute atomic E-state index is 6.16. The molecule has 1 aliphatic heterocycles. The van der Waals surface area contributed by atoms with Gasteiger partial charge in [-0.25, -0.2) is 9.50 Å². The smallest absolute Gasteiger partial charge is 0.249 e. The van der Waals surface area contributed by atoms with Gasteiger partial charge >= 0.3 is 0 Å². The van der Waals surface area contributed by atoms with Gasteiger partial charge in [0, 0.05) is 24.2 Å². The molecule has 0 aliphatic carbocycles. The Balaban J connectivity index is 1.76. The molecule has 3 aromatic heterocycles. The van der Waals surface area contributed by atoms with Gasteiger partial charge in [-0.05, 0) is 25.1 Å². The molecule has 0 fully saturated rings. The Morgan fingerprint density at radius 3 is 2.75 bits per heavy atom. The molecule has 0 unspecified atom stereocenters. The molecule has 5 rings (SSSR count). The molecule has 4 aromatic rings. The molecule has 1 aliphatic rings. The molecule has 0 amide bonds. The van der Waals surface area contributed by atoms with Crippen LogP contribution in [0.2, 0.25) is 0 Å². The molecular weight excluding hydrogens is 358 g/mol. The van der Waals surface area contributed by atoms with Crippen LogP contribution in [0.4, 0.5) is 0 Å². The van der Waals surface area contributed by atoms with E-state index in [0.29, 0.717) is 41.1 Å². The van der Waals surface area contributed by atoms with Gasteiger partial charge in [0.05, 0.1) is 19.9 Å². The molecule has 0 saturated carbocycles. The van der Waals surface area contributed by atoms with Gasteiger partial charge in [0.25, 0.3) is 0 Å². The first-order valence-electron chi connectivity index (χ1n) is 8.78. The highest BCUT2D eigenvalue weighted by molar-refractivity contribution is 5.68. The first-order valence-corrected chi connectivity index (χ1v) is 8.78. The van der Waals surface area contributed by atoms with Crippen molar-refractivity contribution in [3.63, 3.8) is 0 Å². The number of aryl methyl sites for hydroxylation is 1. The molecule has 0 N–H and O–H groups in total. The number of aromatic nitrogens is 5. The first-order chi connectivity index (χ1) is 13.7. The standard InChI is InChI=1S/C20H17N5O3/c1-11-22-15-9-12-8-13(10-16(26-2)18(12)27-3)28-20-17(15)25(11)24-19(23-20)14-6-4-5-7-21-14/h4-8,10H,9H2,1-3H3. The van der Waals surface area contributed by atoms with Crippen LogP contribution in [0, 0.1) is 6.92 Å². The van der Waals surface area contributed by atoms with Crippen LogP contribution in [0.15, 0.2) is 36.5 Å². The van der Waals surface area contributed by atoms with Crippen molar-refractivity contribution in [2.75, 3.05) is 14.2 Å². The number of imidazole rings is 1. The van der Waals surface area contributed by atoms with E-state index in [1.165, 1.54) is 0 Å². The van der Waals surface area contributed by atoms with Crippen LogP contribution in [-0.4, -0.2) is 38.8 Å². The van der Waals surface area contributed by atoms with Crippen LogP contribution < -0.4 is 14.2 Å². The zero-order valence-electron chi connectivity index (χ0n) is 15.6. The molecule has 0 atom stereocenters. The highest BCUT2D eigenvalue weighted by atomic mass is 16.5. The highest BCUT2D eigenvalue weighted by Crippen LogP contribution is 2.41. The van der Waals surface area contributed by atoms with E-state index in [4.69, 9.17) is 19.2 Å². The van der Waals surface area contributed by atoms with Crippen LogP contribution in [0.5, 0.6) is 23.1 Å². The van der Waals surface area contributed by atoms with E-state index in [1.54, 1.807) is 31.0 Å². The fraction of sp³-hybridized carbons (Fsp3) is 0.200. The lowest BCUT2D eigenvalue weighted by atomic mass is 10.1. The second kappa shape index (κ2) is 6.19. The Bertz CT molecular complexity index is 1200. The zero-order valence-corrected chi connectivity index (χ0v) is 15.6. The molecule has 8 nitrogen and oxygen atoms in total. The SMILES string of the molecule is COc1cc2cc(c1OC)Cc1nc(C)n3nc(-c4ccccn4)nc(c13)O2. The Kier molecular flexibility index (Phi) is 3.65. The van der Waals surface area contributed by atoms with Gasteiger partial charge in [-0.15, -0.1) is 5.10 Å². The summed E-state index contributed by atoms with van der Waals surface area (Å²) in [6.45, 7) is 1.90. The Morgan fingerprint density at radius 2 is 2.00 bits per heavy atom.